The van der Waals surface area contributed by atoms with Crippen LogP contribution in [0.4, 0.5) is 5.95 Å². The lowest BCUT2D eigenvalue weighted by Gasteiger charge is -2.07. The molecule has 0 saturated carbocycles. The van der Waals surface area contributed by atoms with Crippen LogP contribution in [0.1, 0.15) is 10.5 Å². The highest BCUT2D eigenvalue weighted by Gasteiger charge is 2.07. The first-order valence-electron chi connectivity index (χ1n) is 3.21. The van der Waals surface area contributed by atoms with Gasteiger partial charge in [-0.25, -0.2) is 9.78 Å². The second kappa shape index (κ2) is 3.12. The Bertz CT molecular complexity index is 299. The minimum atomic E-state index is -1.10. The molecule has 0 fully saturated rings. The zero-order valence-corrected chi connectivity index (χ0v) is 6.72. The molecule has 1 N–H and O–H groups in total. The van der Waals surface area contributed by atoms with Crippen molar-refractivity contribution in [2.24, 2.45) is 0 Å². The summed E-state index contributed by atoms with van der Waals surface area (Å²) in [5.41, 5.74) is -0.103. The van der Waals surface area contributed by atoms with Crippen LogP contribution < -0.4 is 4.90 Å². The van der Waals surface area contributed by atoms with E-state index in [2.05, 4.69) is 15.2 Å². The number of carboxylic acids is 1. The number of nitrogens with zero attached hydrogens (tertiary/aromatic N) is 4. The summed E-state index contributed by atoms with van der Waals surface area (Å²) in [5.74, 6) is -0.817. The topological polar surface area (TPSA) is 79.2 Å². The molecule has 0 aliphatic carbocycles. The van der Waals surface area contributed by atoms with Crippen LogP contribution in [-0.2, 0) is 0 Å². The van der Waals surface area contributed by atoms with Crippen molar-refractivity contribution in [1.29, 1.82) is 0 Å². The minimum Gasteiger partial charge on any atom is -0.476 e. The molecule has 0 aliphatic rings. The molecule has 6 heteroatoms. The summed E-state index contributed by atoms with van der Waals surface area (Å²) in [4.78, 5) is 15.7. The predicted octanol–water partition coefficient (Wildman–Crippen LogP) is -0.364. The lowest BCUT2D eigenvalue weighted by Crippen LogP contribution is -2.15. The van der Waals surface area contributed by atoms with E-state index in [1.807, 2.05) is 0 Å². The van der Waals surface area contributed by atoms with Crippen molar-refractivity contribution < 1.29 is 9.90 Å². The third-order valence-corrected chi connectivity index (χ3v) is 1.17. The van der Waals surface area contributed by atoms with Crippen molar-refractivity contribution in [3.63, 3.8) is 0 Å². The van der Waals surface area contributed by atoms with E-state index >= 15 is 0 Å². The van der Waals surface area contributed by atoms with Crippen LogP contribution in [-0.4, -0.2) is 40.4 Å². The van der Waals surface area contributed by atoms with Crippen molar-refractivity contribution in [2.45, 2.75) is 0 Å². The first-order valence-corrected chi connectivity index (χ1v) is 3.21. The van der Waals surface area contributed by atoms with Crippen LogP contribution >= 0.6 is 0 Å². The molecular formula is C6H8N4O2. The monoisotopic (exact) mass is 168 g/mol. The molecule has 0 saturated heterocycles. The van der Waals surface area contributed by atoms with Gasteiger partial charge in [0, 0.05) is 14.1 Å². The Balaban J connectivity index is 3.04. The van der Waals surface area contributed by atoms with Crippen LogP contribution in [0.3, 0.4) is 0 Å². The second-order valence-corrected chi connectivity index (χ2v) is 2.34. The summed E-state index contributed by atoms with van der Waals surface area (Å²) in [7, 11) is 3.42. The fourth-order valence-electron chi connectivity index (χ4n) is 0.587. The number of carboxylic acid groups (broad SMARTS) is 1. The largest absolute Gasteiger partial charge is 0.476 e. The van der Waals surface area contributed by atoms with Gasteiger partial charge in [-0.2, -0.15) is 5.10 Å². The highest BCUT2D eigenvalue weighted by Crippen LogP contribution is 2.00. The number of carbonyl (C=O) groups is 1. The van der Waals surface area contributed by atoms with Crippen molar-refractivity contribution in [2.75, 3.05) is 19.0 Å². The number of rotatable bonds is 2. The average molecular weight is 168 g/mol. The molecule has 12 heavy (non-hydrogen) atoms. The van der Waals surface area contributed by atoms with E-state index in [9.17, 15) is 4.79 Å². The molecule has 1 aromatic heterocycles. The summed E-state index contributed by atoms with van der Waals surface area (Å²) in [6, 6.07) is 0. The number of hydrogen-bond acceptors (Lipinski definition) is 5. The molecule has 1 aromatic rings. The third-order valence-electron chi connectivity index (χ3n) is 1.17. The lowest BCUT2D eigenvalue weighted by atomic mass is 10.5. The molecule has 0 spiro atoms. The van der Waals surface area contributed by atoms with Crippen LogP contribution in [0.25, 0.3) is 0 Å². The second-order valence-electron chi connectivity index (χ2n) is 2.34. The van der Waals surface area contributed by atoms with Crippen molar-refractivity contribution in [3.8, 4) is 0 Å². The van der Waals surface area contributed by atoms with E-state index in [-0.39, 0.29) is 11.6 Å². The molecule has 1 rings (SSSR count). The van der Waals surface area contributed by atoms with E-state index in [4.69, 9.17) is 5.11 Å². The van der Waals surface area contributed by atoms with Crippen molar-refractivity contribution in [1.82, 2.24) is 15.2 Å². The van der Waals surface area contributed by atoms with Gasteiger partial charge in [0.1, 0.15) is 0 Å². The Labute approximate surface area is 68.9 Å². The predicted molar refractivity (Wildman–Crippen MR) is 41.1 cm³/mol. The maximum Gasteiger partial charge on any atom is 0.356 e. The Kier molecular flexibility index (Phi) is 2.18. The third kappa shape index (κ3) is 1.66. The highest BCUT2D eigenvalue weighted by atomic mass is 16.4. The number of anilines is 1. The standard InChI is InChI=1S/C6H8N4O2/c1-10(2)6-8-4(5(11)12)3-7-9-6/h3H,1-2H3,(H,11,12). The molecule has 0 aliphatic heterocycles. The Morgan fingerprint density at radius 3 is 2.75 bits per heavy atom. The number of aromatic carboxylic acids is 1. The molecule has 0 aromatic carbocycles. The van der Waals surface area contributed by atoms with Crippen LogP contribution in [0.2, 0.25) is 0 Å². The summed E-state index contributed by atoms with van der Waals surface area (Å²) >= 11 is 0. The van der Waals surface area contributed by atoms with Gasteiger partial charge in [-0.3, -0.25) is 0 Å². The maximum atomic E-state index is 10.4. The Morgan fingerprint density at radius 2 is 2.25 bits per heavy atom. The zero-order valence-electron chi connectivity index (χ0n) is 6.72. The smallest absolute Gasteiger partial charge is 0.356 e. The molecule has 0 atom stereocenters. The molecule has 0 unspecified atom stereocenters. The summed E-state index contributed by atoms with van der Waals surface area (Å²) in [5, 5.41) is 15.7. The zero-order chi connectivity index (χ0) is 9.14. The van der Waals surface area contributed by atoms with Gasteiger partial charge in [-0.15, -0.1) is 5.10 Å². The van der Waals surface area contributed by atoms with Gasteiger partial charge in [0.15, 0.2) is 5.69 Å². The Morgan fingerprint density at radius 1 is 1.58 bits per heavy atom. The number of hydrogen-bond donors (Lipinski definition) is 1. The molecule has 6 nitrogen and oxygen atoms in total. The van der Waals surface area contributed by atoms with E-state index in [1.54, 1.807) is 19.0 Å². The van der Waals surface area contributed by atoms with Gasteiger partial charge in [0.2, 0.25) is 5.95 Å². The number of aromatic nitrogens is 3. The van der Waals surface area contributed by atoms with Crippen molar-refractivity contribution >= 4 is 11.9 Å². The summed E-state index contributed by atoms with van der Waals surface area (Å²) < 4.78 is 0. The minimum absolute atomic E-state index is 0.103. The summed E-state index contributed by atoms with van der Waals surface area (Å²) in [6.07, 6.45) is 1.11. The van der Waals surface area contributed by atoms with E-state index in [0.29, 0.717) is 0 Å². The SMILES string of the molecule is CN(C)c1nncc(C(=O)O)n1. The van der Waals surface area contributed by atoms with Gasteiger partial charge in [0.25, 0.3) is 0 Å². The fourth-order valence-corrected chi connectivity index (χ4v) is 0.587. The molecule has 1 heterocycles. The molecule has 64 valence electrons. The van der Waals surface area contributed by atoms with Crippen LogP contribution in [0.15, 0.2) is 6.20 Å². The highest BCUT2D eigenvalue weighted by molar-refractivity contribution is 5.85. The first kappa shape index (κ1) is 8.38. The van der Waals surface area contributed by atoms with Gasteiger partial charge in [-0.05, 0) is 0 Å². The van der Waals surface area contributed by atoms with Gasteiger partial charge in [-0.1, -0.05) is 0 Å². The van der Waals surface area contributed by atoms with E-state index < -0.39 is 5.97 Å². The average Bonchev–Trinajstić information content (AvgIpc) is 2.04. The van der Waals surface area contributed by atoms with Crippen LogP contribution in [0.5, 0.6) is 0 Å². The van der Waals surface area contributed by atoms with Gasteiger partial charge in [0.05, 0.1) is 6.20 Å². The van der Waals surface area contributed by atoms with Crippen LogP contribution in [0, 0.1) is 0 Å². The maximum absolute atomic E-state index is 10.4. The quantitative estimate of drug-likeness (QED) is 0.649. The molecular weight excluding hydrogens is 160 g/mol. The van der Waals surface area contributed by atoms with E-state index in [0.717, 1.165) is 6.20 Å². The molecule has 0 bridgehead atoms. The first-order chi connectivity index (χ1) is 5.61. The lowest BCUT2D eigenvalue weighted by molar-refractivity contribution is 0.0689. The van der Waals surface area contributed by atoms with Crippen molar-refractivity contribution in [3.05, 3.63) is 11.9 Å². The Hall–Kier alpha value is -1.72. The fraction of sp³-hybridized carbons (Fsp3) is 0.333. The normalized spacial score (nSPS) is 9.50. The van der Waals surface area contributed by atoms with E-state index in [1.165, 1.54) is 0 Å². The summed E-state index contributed by atoms with van der Waals surface area (Å²) in [6.45, 7) is 0. The van der Waals surface area contributed by atoms with Gasteiger partial charge >= 0.3 is 5.97 Å². The molecule has 0 radical (unpaired) electrons. The molecule has 0 amide bonds. The van der Waals surface area contributed by atoms with Gasteiger partial charge < -0.3 is 10.0 Å².